The van der Waals surface area contributed by atoms with Crippen molar-refractivity contribution in [2.45, 2.75) is 26.3 Å². The summed E-state index contributed by atoms with van der Waals surface area (Å²) >= 11 is 0. The fourth-order valence-corrected chi connectivity index (χ4v) is 1.85. The number of nitrogens with two attached hydrogens (primary N) is 1. The van der Waals surface area contributed by atoms with Crippen molar-refractivity contribution in [1.82, 2.24) is 10.3 Å². The van der Waals surface area contributed by atoms with E-state index in [1.54, 1.807) is 0 Å². The fourth-order valence-electron chi connectivity index (χ4n) is 1.85. The third-order valence-corrected chi connectivity index (χ3v) is 3.85. The third-order valence-electron chi connectivity index (χ3n) is 3.85. The zero-order valence-electron chi connectivity index (χ0n) is 13.0. The van der Waals surface area contributed by atoms with E-state index in [-0.39, 0.29) is 29.9 Å². The molecule has 1 amide bonds. The van der Waals surface area contributed by atoms with Crippen LogP contribution >= 0.6 is 12.4 Å². The Labute approximate surface area is 136 Å². The lowest BCUT2D eigenvalue weighted by Crippen LogP contribution is -2.55. The molecule has 3 N–H and O–H groups in total. The maximum absolute atomic E-state index is 12.3. The van der Waals surface area contributed by atoms with Crippen molar-refractivity contribution in [2.24, 2.45) is 11.7 Å². The zero-order valence-corrected chi connectivity index (χ0v) is 13.8. The van der Waals surface area contributed by atoms with Crippen LogP contribution in [0, 0.1) is 5.92 Å². The normalized spacial score (nSPS) is 13.3. The molecule has 0 aliphatic carbocycles. The molecule has 6 heteroatoms. The number of nitrogens with one attached hydrogen (secondary N) is 1. The Morgan fingerprint density at radius 1 is 1.36 bits per heavy atom. The number of benzene rings is 1. The van der Waals surface area contributed by atoms with Gasteiger partial charge in [0.05, 0.1) is 5.54 Å². The van der Waals surface area contributed by atoms with Crippen LogP contribution in [0.1, 0.15) is 31.3 Å². The van der Waals surface area contributed by atoms with Crippen molar-refractivity contribution in [3.8, 4) is 11.5 Å². The molecule has 1 atom stereocenters. The predicted octanol–water partition coefficient (Wildman–Crippen LogP) is 2.87. The standard InChI is InChI=1S/C16H21N3O2.ClH/c1-11(2)16(3,10-17)19-14(20)13-9-21-15(18-13)12-7-5-4-6-8-12;/h4-9,11H,10,17H2,1-3H3,(H,19,20);1H. The van der Waals surface area contributed by atoms with E-state index in [0.29, 0.717) is 12.4 Å². The molecule has 1 heterocycles. The zero-order chi connectivity index (χ0) is 15.5. The van der Waals surface area contributed by atoms with E-state index in [1.807, 2.05) is 51.1 Å². The van der Waals surface area contributed by atoms with Gasteiger partial charge < -0.3 is 15.5 Å². The average molecular weight is 324 g/mol. The second kappa shape index (κ2) is 7.42. The lowest BCUT2D eigenvalue weighted by molar-refractivity contribution is 0.0878. The molecule has 0 bridgehead atoms. The summed E-state index contributed by atoms with van der Waals surface area (Å²) in [6.07, 6.45) is 1.37. The van der Waals surface area contributed by atoms with Crippen LogP contribution in [0.2, 0.25) is 0 Å². The van der Waals surface area contributed by atoms with Gasteiger partial charge in [-0.05, 0) is 25.0 Å². The van der Waals surface area contributed by atoms with E-state index in [1.165, 1.54) is 6.26 Å². The summed E-state index contributed by atoms with van der Waals surface area (Å²) in [6.45, 7) is 6.32. The van der Waals surface area contributed by atoms with Gasteiger partial charge in [0, 0.05) is 12.1 Å². The number of amides is 1. The lowest BCUT2D eigenvalue weighted by Gasteiger charge is -2.33. The van der Waals surface area contributed by atoms with Crippen molar-refractivity contribution in [3.05, 3.63) is 42.3 Å². The Morgan fingerprint density at radius 2 is 2.00 bits per heavy atom. The first-order valence-corrected chi connectivity index (χ1v) is 7.00. The molecule has 1 aromatic carbocycles. The van der Waals surface area contributed by atoms with Crippen LogP contribution in [0.5, 0.6) is 0 Å². The number of carbonyl (C=O) groups is 1. The average Bonchev–Trinajstić information content (AvgIpc) is 2.97. The smallest absolute Gasteiger partial charge is 0.273 e. The number of hydrogen-bond acceptors (Lipinski definition) is 4. The minimum atomic E-state index is -0.469. The molecule has 0 radical (unpaired) electrons. The van der Waals surface area contributed by atoms with E-state index >= 15 is 0 Å². The lowest BCUT2D eigenvalue weighted by atomic mass is 9.88. The highest BCUT2D eigenvalue weighted by Crippen LogP contribution is 2.19. The Morgan fingerprint density at radius 3 is 2.55 bits per heavy atom. The van der Waals surface area contributed by atoms with E-state index in [2.05, 4.69) is 10.3 Å². The Kier molecular flexibility index (Phi) is 6.14. The molecular weight excluding hydrogens is 302 g/mol. The summed E-state index contributed by atoms with van der Waals surface area (Å²) in [6, 6.07) is 9.46. The van der Waals surface area contributed by atoms with Gasteiger partial charge in [-0.25, -0.2) is 4.98 Å². The van der Waals surface area contributed by atoms with Gasteiger partial charge in [-0.1, -0.05) is 32.0 Å². The van der Waals surface area contributed by atoms with E-state index in [4.69, 9.17) is 10.2 Å². The van der Waals surface area contributed by atoms with Crippen LogP contribution in [0.3, 0.4) is 0 Å². The molecule has 0 saturated carbocycles. The highest BCUT2D eigenvalue weighted by atomic mass is 35.5. The summed E-state index contributed by atoms with van der Waals surface area (Å²) in [5.74, 6) is 0.370. The first kappa shape index (κ1) is 18.2. The summed E-state index contributed by atoms with van der Waals surface area (Å²) in [5, 5.41) is 2.94. The second-order valence-electron chi connectivity index (χ2n) is 5.63. The molecule has 2 aromatic rings. The third kappa shape index (κ3) is 3.87. The monoisotopic (exact) mass is 323 g/mol. The van der Waals surface area contributed by atoms with Crippen LogP contribution < -0.4 is 11.1 Å². The number of rotatable bonds is 5. The Balaban J connectivity index is 0.00000242. The summed E-state index contributed by atoms with van der Waals surface area (Å²) in [7, 11) is 0. The van der Waals surface area contributed by atoms with E-state index < -0.39 is 5.54 Å². The molecule has 0 spiro atoms. The quantitative estimate of drug-likeness (QED) is 0.886. The Bertz CT molecular complexity index is 613. The summed E-state index contributed by atoms with van der Waals surface area (Å²) in [4.78, 5) is 16.5. The van der Waals surface area contributed by atoms with E-state index in [9.17, 15) is 4.79 Å². The van der Waals surface area contributed by atoms with Crippen molar-refractivity contribution < 1.29 is 9.21 Å². The maximum atomic E-state index is 12.3. The minimum absolute atomic E-state index is 0. The van der Waals surface area contributed by atoms with Gasteiger partial charge in [0.25, 0.3) is 5.91 Å². The SMILES string of the molecule is CC(C)C(C)(CN)NC(=O)c1coc(-c2ccccc2)n1.Cl. The van der Waals surface area contributed by atoms with Crippen molar-refractivity contribution in [2.75, 3.05) is 6.54 Å². The van der Waals surface area contributed by atoms with Gasteiger partial charge in [-0.3, -0.25) is 4.79 Å². The van der Waals surface area contributed by atoms with Gasteiger partial charge in [-0.2, -0.15) is 0 Å². The molecule has 1 unspecified atom stereocenters. The van der Waals surface area contributed by atoms with Crippen LogP contribution in [0.4, 0.5) is 0 Å². The molecular formula is C16H22ClN3O2. The minimum Gasteiger partial charge on any atom is -0.444 e. The van der Waals surface area contributed by atoms with Crippen LogP contribution in [-0.4, -0.2) is 23.0 Å². The molecule has 0 aliphatic rings. The number of oxazole rings is 1. The molecule has 2 rings (SSSR count). The molecule has 0 saturated heterocycles. The summed E-state index contributed by atoms with van der Waals surface area (Å²) in [5.41, 5.74) is 6.40. The van der Waals surface area contributed by atoms with Crippen LogP contribution in [-0.2, 0) is 0 Å². The molecule has 0 aliphatic heterocycles. The molecule has 5 nitrogen and oxygen atoms in total. The number of halogens is 1. The topological polar surface area (TPSA) is 81.1 Å². The van der Waals surface area contributed by atoms with Crippen molar-refractivity contribution >= 4 is 18.3 Å². The Hall–Kier alpha value is -1.85. The van der Waals surface area contributed by atoms with E-state index in [0.717, 1.165) is 5.56 Å². The van der Waals surface area contributed by atoms with Gasteiger partial charge in [0.2, 0.25) is 5.89 Å². The molecule has 1 aromatic heterocycles. The van der Waals surface area contributed by atoms with Crippen molar-refractivity contribution in [3.63, 3.8) is 0 Å². The van der Waals surface area contributed by atoms with Gasteiger partial charge in [-0.15, -0.1) is 12.4 Å². The first-order chi connectivity index (χ1) is 9.96. The number of nitrogens with zero attached hydrogens (tertiary/aromatic N) is 1. The number of aromatic nitrogens is 1. The highest BCUT2D eigenvalue weighted by molar-refractivity contribution is 5.93. The maximum Gasteiger partial charge on any atom is 0.273 e. The number of carbonyl (C=O) groups excluding carboxylic acids is 1. The largest absolute Gasteiger partial charge is 0.444 e. The highest BCUT2D eigenvalue weighted by Gasteiger charge is 2.29. The summed E-state index contributed by atoms with van der Waals surface area (Å²) < 4.78 is 5.38. The van der Waals surface area contributed by atoms with Gasteiger partial charge in [0.15, 0.2) is 5.69 Å². The van der Waals surface area contributed by atoms with Crippen LogP contribution in [0.15, 0.2) is 41.0 Å². The second-order valence-corrected chi connectivity index (χ2v) is 5.63. The number of hydrogen-bond donors (Lipinski definition) is 2. The van der Waals surface area contributed by atoms with Crippen LogP contribution in [0.25, 0.3) is 11.5 Å². The van der Waals surface area contributed by atoms with Gasteiger partial charge >= 0.3 is 0 Å². The molecule has 0 fully saturated rings. The first-order valence-electron chi connectivity index (χ1n) is 7.00. The predicted molar refractivity (Wildman–Crippen MR) is 89.0 cm³/mol. The fraction of sp³-hybridized carbons (Fsp3) is 0.375. The van der Waals surface area contributed by atoms with Crippen molar-refractivity contribution in [1.29, 1.82) is 0 Å². The van der Waals surface area contributed by atoms with Gasteiger partial charge in [0.1, 0.15) is 6.26 Å². The molecule has 120 valence electrons. The molecule has 22 heavy (non-hydrogen) atoms.